The van der Waals surface area contributed by atoms with Crippen LogP contribution in [0.2, 0.25) is 0 Å². The van der Waals surface area contributed by atoms with E-state index in [9.17, 15) is 27.6 Å². The zero-order valence-electron chi connectivity index (χ0n) is 15.2. The van der Waals surface area contributed by atoms with Crippen LogP contribution < -0.4 is 0 Å². The smallest absolute Gasteiger partial charge is 0.261 e. The highest BCUT2D eigenvalue weighted by molar-refractivity contribution is 7.91. The summed E-state index contributed by atoms with van der Waals surface area (Å²) in [5.41, 5.74) is 1.00. The fraction of sp³-hybridized carbons (Fsp3) is 0.200. The Hall–Kier alpha value is -3.33. The van der Waals surface area contributed by atoms with E-state index in [0.717, 1.165) is 9.80 Å². The maximum absolute atomic E-state index is 12.4. The number of hydrogen-bond acceptors (Lipinski definition) is 6. The van der Waals surface area contributed by atoms with Crippen molar-refractivity contribution in [2.75, 3.05) is 24.6 Å². The van der Waals surface area contributed by atoms with E-state index in [1.807, 2.05) is 0 Å². The van der Waals surface area contributed by atoms with Crippen LogP contribution in [-0.4, -0.2) is 66.4 Å². The van der Waals surface area contributed by atoms with Crippen molar-refractivity contribution < 1.29 is 27.6 Å². The van der Waals surface area contributed by atoms with Gasteiger partial charge in [-0.1, -0.05) is 24.3 Å². The molecule has 2 heterocycles. The van der Waals surface area contributed by atoms with Crippen LogP contribution in [0.5, 0.6) is 0 Å². The van der Waals surface area contributed by atoms with Crippen molar-refractivity contribution in [3.05, 3.63) is 70.8 Å². The van der Waals surface area contributed by atoms with E-state index in [1.54, 1.807) is 24.3 Å². The highest BCUT2D eigenvalue weighted by Crippen LogP contribution is 2.23. The first-order chi connectivity index (χ1) is 13.8. The van der Waals surface area contributed by atoms with Gasteiger partial charge in [0.25, 0.3) is 23.6 Å². The van der Waals surface area contributed by atoms with Gasteiger partial charge in [0.1, 0.15) is 0 Å². The number of fused-ring (bicyclic) bond motifs is 2. The number of imide groups is 2. The standard InChI is InChI=1S/C20H16N2O6S/c23-17-13-5-1-2-6-14(13)18(24)21(17)9-11-29(27,28)12-10-22-19(25)15-7-3-4-8-16(15)20(22)26/h1-8H,9-12H2. The van der Waals surface area contributed by atoms with Crippen LogP contribution in [0.3, 0.4) is 0 Å². The Labute approximate surface area is 166 Å². The third-order valence-electron chi connectivity index (χ3n) is 5.01. The lowest BCUT2D eigenvalue weighted by molar-refractivity contribution is 0.0650. The van der Waals surface area contributed by atoms with Gasteiger partial charge in [0.05, 0.1) is 33.8 Å². The molecule has 0 spiro atoms. The van der Waals surface area contributed by atoms with Crippen LogP contribution in [0.25, 0.3) is 0 Å². The van der Waals surface area contributed by atoms with E-state index in [4.69, 9.17) is 0 Å². The molecule has 9 heteroatoms. The van der Waals surface area contributed by atoms with Crippen molar-refractivity contribution >= 4 is 33.5 Å². The third-order valence-corrected chi connectivity index (χ3v) is 6.62. The number of benzene rings is 2. The molecule has 4 rings (SSSR count). The normalized spacial score (nSPS) is 15.9. The minimum absolute atomic E-state index is 0.251. The topological polar surface area (TPSA) is 109 Å². The monoisotopic (exact) mass is 412 g/mol. The lowest BCUT2D eigenvalue weighted by Crippen LogP contribution is -2.38. The molecule has 2 aromatic rings. The highest BCUT2D eigenvalue weighted by Gasteiger charge is 2.37. The highest BCUT2D eigenvalue weighted by atomic mass is 32.2. The molecule has 0 atom stereocenters. The molecule has 8 nitrogen and oxygen atoms in total. The molecular formula is C20H16N2O6S. The number of sulfone groups is 1. The molecule has 0 unspecified atom stereocenters. The molecule has 2 aromatic carbocycles. The first-order valence-corrected chi connectivity index (χ1v) is 10.7. The Kier molecular flexibility index (Phi) is 4.54. The van der Waals surface area contributed by atoms with Crippen molar-refractivity contribution in [2.24, 2.45) is 0 Å². The van der Waals surface area contributed by atoms with Gasteiger partial charge >= 0.3 is 0 Å². The molecule has 2 aliphatic heterocycles. The Morgan fingerprint density at radius 3 is 1.10 bits per heavy atom. The molecule has 0 bridgehead atoms. The molecule has 148 valence electrons. The van der Waals surface area contributed by atoms with E-state index in [-0.39, 0.29) is 35.3 Å². The second-order valence-electron chi connectivity index (χ2n) is 6.77. The van der Waals surface area contributed by atoms with Crippen LogP contribution >= 0.6 is 0 Å². The van der Waals surface area contributed by atoms with Gasteiger partial charge in [0.15, 0.2) is 9.84 Å². The van der Waals surface area contributed by atoms with E-state index < -0.39 is 45.0 Å². The summed E-state index contributed by atoms with van der Waals surface area (Å²) in [6.45, 7) is -0.562. The molecule has 0 fully saturated rings. The predicted molar refractivity (Wildman–Crippen MR) is 102 cm³/mol. The predicted octanol–water partition coefficient (Wildman–Crippen LogP) is 0.994. The van der Waals surface area contributed by atoms with Crippen molar-refractivity contribution in [1.29, 1.82) is 0 Å². The lowest BCUT2D eigenvalue weighted by Gasteiger charge is -2.16. The van der Waals surface area contributed by atoms with Gasteiger partial charge in [-0.3, -0.25) is 29.0 Å². The molecule has 0 saturated heterocycles. The Morgan fingerprint density at radius 1 is 0.552 bits per heavy atom. The van der Waals surface area contributed by atoms with Crippen LogP contribution in [0.1, 0.15) is 41.4 Å². The van der Waals surface area contributed by atoms with Gasteiger partial charge in [-0.05, 0) is 24.3 Å². The van der Waals surface area contributed by atoms with Gasteiger partial charge in [0, 0.05) is 13.1 Å². The lowest BCUT2D eigenvalue weighted by atomic mass is 10.1. The van der Waals surface area contributed by atoms with Crippen molar-refractivity contribution in [3.8, 4) is 0 Å². The minimum atomic E-state index is -3.72. The van der Waals surface area contributed by atoms with Crippen molar-refractivity contribution in [2.45, 2.75) is 0 Å². The molecule has 0 saturated carbocycles. The molecule has 0 aliphatic carbocycles. The molecular weight excluding hydrogens is 396 g/mol. The van der Waals surface area contributed by atoms with E-state index in [0.29, 0.717) is 0 Å². The first kappa shape index (κ1) is 19.0. The maximum Gasteiger partial charge on any atom is 0.261 e. The average Bonchev–Trinajstić information content (AvgIpc) is 3.10. The molecule has 0 radical (unpaired) electrons. The summed E-state index contributed by atoms with van der Waals surface area (Å²) in [5.74, 6) is -2.99. The maximum atomic E-state index is 12.4. The van der Waals surface area contributed by atoms with Gasteiger partial charge in [0.2, 0.25) is 0 Å². The molecule has 29 heavy (non-hydrogen) atoms. The number of rotatable bonds is 6. The Bertz CT molecular complexity index is 1020. The second-order valence-corrected chi connectivity index (χ2v) is 9.07. The molecule has 0 aromatic heterocycles. The SMILES string of the molecule is O=C1c2ccccc2C(=O)N1CCS(=O)(=O)CCN1C(=O)c2ccccc2C1=O. The minimum Gasteiger partial charge on any atom is -0.273 e. The van der Waals surface area contributed by atoms with Gasteiger partial charge in [-0.2, -0.15) is 0 Å². The van der Waals surface area contributed by atoms with E-state index in [2.05, 4.69) is 0 Å². The number of hydrogen-bond donors (Lipinski definition) is 0. The summed E-state index contributed by atoms with van der Waals surface area (Å²) in [4.78, 5) is 51.1. The zero-order chi connectivity index (χ0) is 20.8. The van der Waals surface area contributed by atoms with Crippen molar-refractivity contribution in [3.63, 3.8) is 0 Å². The van der Waals surface area contributed by atoms with Crippen LogP contribution in [0, 0.1) is 0 Å². The number of amides is 4. The fourth-order valence-corrected chi connectivity index (χ4v) is 4.57. The Balaban J connectivity index is 1.39. The summed E-state index contributed by atoms with van der Waals surface area (Å²) in [6.07, 6.45) is 0. The quantitative estimate of drug-likeness (QED) is 0.655. The molecule has 2 aliphatic rings. The third kappa shape index (κ3) is 3.23. The van der Waals surface area contributed by atoms with Crippen LogP contribution in [0.15, 0.2) is 48.5 Å². The van der Waals surface area contributed by atoms with Gasteiger partial charge in [-0.25, -0.2) is 8.42 Å². The number of carbonyl (C=O) groups is 4. The van der Waals surface area contributed by atoms with Crippen LogP contribution in [0.4, 0.5) is 0 Å². The number of nitrogens with zero attached hydrogens (tertiary/aromatic N) is 2. The average molecular weight is 412 g/mol. The number of carbonyl (C=O) groups excluding carboxylic acids is 4. The Morgan fingerprint density at radius 2 is 0.828 bits per heavy atom. The second kappa shape index (κ2) is 6.93. The summed E-state index contributed by atoms with van der Waals surface area (Å²) in [5, 5.41) is 0. The van der Waals surface area contributed by atoms with E-state index in [1.165, 1.54) is 24.3 Å². The summed E-state index contributed by atoms with van der Waals surface area (Å²) < 4.78 is 24.8. The van der Waals surface area contributed by atoms with Gasteiger partial charge in [-0.15, -0.1) is 0 Å². The summed E-state index contributed by atoms with van der Waals surface area (Å²) >= 11 is 0. The van der Waals surface area contributed by atoms with Gasteiger partial charge < -0.3 is 0 Å². The molecule has 4 amide bonds. The van der Waals surface area contributed by atoms with E-state index >= 15 is 0 Å². The summed E-state index contributed by atoms with van der Waals surface area (Å²) in [6, 6.07) is 12.6. The summed E-state index contributed by atoms with van der Waals surface area (Å²) in [7, 11) is -3.72. The van der Waals surface area contributed by atoms with Crippen LogP contribution in [-0.2, 0) is 9.84 Å². The van der Waals surface area contributed by atoms with Crippen molar-refractivity contribution in [1.82, 2.24) is 9.80 Å². The fourth-order valence-electron chi connectivity index (χ4n) is 3.45. The zero-order valence-corrected chi connectivity index (χ0v) is 16.0. The first-order valence-electron chi connectivity index (χ1n) is 8.91. The molecule has 0 N–H and O–H groups in total. The largest absolute Gasteiger partial charge is 0.273 e.